The highest BCUT2D eigenvalue weighted by atomic mass is 16.3. The molecule has 114 valence electrons. The lowest BCUT2D eigenvalue weighted by Crippen LogP contribution is -2.50. The number of carbonyl (C=O) groups excluding carboxylic acids is 1. The van der Waals surface area contributed by atoms with Gasteiger partial charge in [0.2, 0.25) is 5.91 Å². The van der Waals surface area contributed by atoms with E-state index in [9.17, 15) is 4.79 Å². The number of hydrogen-bond donors (Lipinski definition) is 2. The molecule has 0 aliphatic carbocycles. The van der Waals surface area contributed by atoms with Crippen molar-refractivity contribution in [3.8, 4) is 0 Å². The molecule has 0 aliphatic heterocycles. The van der Waals surface area contributed by atoms with E-state index >= 15 is 0 Å². The van der Waals surface area contributed by atoms with Crippen molar-refractivity contribution in [1.82, 2.24) is 5.32 Å². The van der Waals surface area contributed by atoms with Crippen LogP contribution in [-0.4, -0.2) is 11.4 Å². The van der Waals surface area contributed by atoms with Crippen molar-refractivity contribution in [2.75, 3.05) is 0 Å². The first kappa shape index (κ1) is 15.6. The molecule has 1 aromatic carbocycles. The predicted molar refractivity (Wildman–Crippen MR) is 84.9 cm³/mol. The van der Waals surface area contributed by atoms with Crippen LogP contribution in [-0.2, 0) is 17.8 Å². The van der Waals surface area contributed by atoms with Crippen molar-refractivity contribution < 1.29 is 9.21 Å². The topological polar surface area (TPSA) is 68.3 Å². The maximum absolute atomic E-state index is 11.4. The minimum absolute atomic E-state index is 0.356. The Morgan fingerprint density at radius 3 is 2.71 bits per heavy atom. The molecule has 1 amide bonds. The van der Waals surface area contributed by atoms with Gasteiger partial charge in [0.15, 0.2) is 0 Å². The molecule has 0 saturated heterocycles. The maximum Gasteiger partial charge on any atom is 0.237 e. The van der Waals surface area contributed by atoms with E-state index in [1.54, 1.807) is 13.8 Å². The summed E-state index contributed by atoms with van der Waals surface area (Å²) in [6.45, 7) is 6.33. The number of benzene rings is 1. The number of fused-ring (bicyclic) bond motifs is 1. The quantitative estimate of drug-likeness (QED) is 0.822. The zero-order chi connectivity index (χ0) is 15.5. The van der Waals surface area contributed by atoms with Crippen LogP contribution < -0.4 is 11.1 Å². The van der Waals surface area contributed by atoms with Crippen LogP contribution >= 0.6 is 0 Å². The van der Waals surface area contributed by atoms with Gasteiger partial charge in [-0.2, -0.15) is 0 Å². The molecule has 2 aromatic rings. The van der Waals surface area contributed by atoms with Crippen molar-refractivity contribution in [2.24, 2.45) is 5.73 Å². The van der Waals surface area contributed by atoms with Gasteiger partial charge >= 0.3 is 0 Å². The van der Waals surface area contributed by atoms with Gasteiger partial charge < -0.3 is 10.2 Å². The summed E-state index contributed by atoms with van der Waals surface area (Å²) in [5, 5.41) is 4.34. The first-order valence-corrected chi connectivity index (χ1v) is 7.50. The third-order valence-electron chi connectivity index (χ3n) is 3.86. The summed E-state index contributed by atoms with van der Waals surface area (Å²) >= 11 is 0. The average Bonchev–Trinajstić information content (AvgIpc) is 2.80. The zero-order valence-electron chi connectivity index (χ0n) is 13.0. The molecule has 0 saturated carbocycles. The standard InChI is InChI=1S/C17H24N2O2/c1-4-5-9-15-13(11-19-17(2,3)16(18)20)12-8-6-7-10-14(12)21-15/h6-8,10,19H,4-5,9,11H2,1-3H3,(H2,18,20). The molecule has 3 N–H and O–H groups in total. The summed E-state index contributed by atoms with van der Waals surface area (Å²) in [5.41, 5.74) is 6.71. The Bertz CT molecular complexity index is 629. The fourth-order valence-electron chi connectivity index (χ4n) is 2.28. The lowest BCUT2D eigenvalue weighted by Gasteiger charge is -2.22. The van der Waals surface area contributed by atoms with Crippen molar-refractivity contribution >= 4 is 16.9 Å². The van der Waals surface area contributed by atoms with Crippen LogP contribution in [0.4, 0.5) is 0 Å². The Morgan fingerprint density at radius 2 is 2.05 bits per heavy atom. The third-order valence-corrected chi connectivity index (χ3v) is 3.86. The van der Waals surface area contributed by atoms with Crippen LogP contribution in [0.3, 0.4) is 0 Å². The minimum atomic E-state index is -0.736. The van der Waals surface area contributed by atoms with Gasteiger partial charge in [0.05, 0.1) is 5.54 Å². The average molecular weight is 288 g/mol. The van der Waals surface area contributed by atoms with Crippen LogP contribution in [0.15, 0.2) is 28.7 Å². The SMILES string of the molecule is CCCCc1oc2ccccc2c1CNC(C)(C)C(N)=O. The third kappa shape index (κ3) is 3.45. The van der Waals surface area contributed by atoms with Crippen molar-refractivity contribution in [3.05, 3.63) is 35.6 Å². The number of nitrogens with two attached hydrogens (primary N) is 1. The summed E-state index contributed by atoms with van der Waals surface area (Å²) in [7, 11) is 0. The molecule has 0 unspecified atom stereocenters. The van der Waals surface area contributed by atoms with Gasteiger partial charge in [0, 0.05) is 23.9 Å². The molecule has 0 fully saturated rings. The largest absolute Gasteiger partial charge is 0.461 e. The van der Waals surface area contributed by atoms with Gasteiger partial charge in [-0.15, -0.1) is 0 Å². The lowest BCUT2D eigenvalue weighted by atomic mass is 10.0. The molecule has 0 aliphatic rings. The fourth-order valence-corrected chi connectivity index (χ4v) is 2.28. The number of hydrogen-bond acceptors (Lipinski definition) is 3. The van der Waals surface area contributed by atoms with Gasteiger partial charge in [-0.1, -0.05) is 31.5 Å². The lowest BCUT2D eigenvalue weighted by molar-refractivity contribution is -0.123. The molecule has 0 bridgehead atoms. The molecular weight excluding hydrogens is 264 g/mol. The molecule has 1 heterocycles. The highest BCUT2D eigenvalue weighted by Crippen LogP contribution is 2.27. The summed E-state index contributed by atoms with van der Waals surface area (Å²) in [6.07, 6.45) is 3.13. The molecule has 0 radical (unpaired) electrons. The zero-order valence-corrected chi connectivity index (χ0v) is 13.0. The first-order valence-electron chi connectivity index (χ1n) is 7.50. The first-order chi connectivity index (χ1) is 9.95. The number of nitrogens with one attached hydrogen (secondary N) is 1. The van der Waals surface area contributed by atoms with Crippen molar-refractivity contribution in [2.45, 2.75) is 52.1 Å². The molecule has 1 aromatic heterocycles. The highest BCUT2D eigenvalue weighted by molar-refractivity contribution is 5.84. The minimum Gasteiger partial charge on any atom is -0.461 e. The predicted octanol–water partition coefficient (Wildman–Crippen LogP) is 3.13. The van der Waals surface area contributed by atoms with E-state index < -0.39 is 5.54 Å². The molecule has 4 heteroatoms. The second kappa shape index (κ2) is 6.31. The Hall–Kier alpha value is -1.81. The summed E-state index contributed by atoms with van der Waals surface area (Å²) in [6, 6.07) is 8.01. The van der Waals surface area contributed by atoms with Gasteiger partial charge in [0.25, 0.3) is 0 Å². The van der Waals surface area contributed by atoms with E-state index in [-0.39, 0.29) is 5.91 Å². The van der Waals surface area contributed by atoms with E-state index in [1.165, 1.54) is 0 Å². The number of primary amides is 1. The van der Waals surface area contributed by atoms with Gasteiger partial charge in [-0.05, 0) is 26.3 Å². The number of unbranched alkanes of at least 4 members (excludes halogenated alkanes) is 1. The summed E-state index contributed by atoms with van der Waals surface area (Å²) in [5.74, 6) is 0.649. The normalized spacial score (nSPS) is 12.0. The van der Waals surface area contributed by atoms with Crippen LogP contribution in [0, 0.1) is 0 Å². The highest BCUT2D eigenvalue weighted by Gasteiger charge is 2.25. The summed E-state index contributed by atoms with van der Waals surface area (Å²) in [4.78, 5) is 11.4. The maximum atomic E-state index is 11.4. The Kier molecular flexibility index (Phi) is 4.68. The van der Waals surface area contributed by atoms with Crippen molar-refractivity contribution in [3.63, 3.8) is 0 Å². The van der Waals surface area contributed by atoms with E-state index in [2.05, 4.69) is 18.3 Å². The Labute approximate surface area is 125 Å². The molecule has 4 nitrogen and oxygen atoms in total. The second-order valence-corrected chi connectivity index (χ2v) is 5.95. The number of rotatable bonds is 7. The molecule has 2 rings (SSSR count). The molecule has 0 spiro atoms. The van der Waals surface area contributed by atoms with Gasteiger partial charge in [0.1, 0.15) is 11.3 Å². The van der Waals surface area contributed by atoms with Crippen molar-refractivity contribution in [1.29, 1.82) is 0 Å². The van der Waals surface area contributed by atoms with Crippen LogP contribution in [0.25, 0.3) is 11.0 Å². The number of para-hydroxylation sites is 1. The number of amides is 1. The van der Waals surface area contributed by atoms with Gasteiger partial charge in [-0.25, -0.2) is 0 Å². The fraction of sp³-hybridized carbons (Fsp3) is 0.471. The van der Waals surface area contributed by atoms with Crippen LogP contribution in [0.5, 0.6) is 0 Å². The molecule has 0 atom stereocenters. The van der Waals surface area contributed by atoms with E-state index in [0.29, 0.717) is 6.54 Å². The molecule has 21 heavy (non-hydrogen) atoms. The number of furan rings is 1. The number of aryl methyl sites for hydroxylation is 1. The Balaban J connectivity index is 2.29. The van der Waals surface area contributed by atoms with Gasteiger partial charge in [-0.3, -0.25) is 10.1 Å². The Morgan fingerprint density at radius 1 is 1.33 bits per heavy atom. The van der Waals surface area contributed by atoms with Crippen LogP contribution in [0.1, 0.15) is 44.9 Å². The van der Waals surface area contributed by atoms with E-state index in [0.717, 1.165) is 41.6 Å². The smallest absolute Gasteiger partial charge is 0.237 e. The van der Waals surface area contributed by atoms with Crippen LogP contribution in [0.2, 0.25) is 0 Å². The van der Waals surface area contributed by atoms with E-state index in [4.69, 9.17) is 10.2 Å². The van der Waals surface area contributed by atoms with E-state index in [1.807, 2.05) is 18.2 Å². The molecular formula is C17H24N2O2. The summed E-state index contributed by atoms with van der Waals surface area (Å²) < 4.78 is 5.97. The number of carbonyl (C=O) groups is 1. The monoisotopic (exact) mass is 288 g/mol. The second-order valence-electron chi connectivity index (χ2n) is 5.95.